The molecule has 1 aromatic heterocycles. The second-order valence-electron chi connectivity index (χ2n) is 3.95. The van der Waals surface area contributed by atoms with Crippen LogP contribution in [0.2, 0.25) is 0 Å². The van der Waals surface area contributed by atoms with Crippen LogP contribution in [0, 0.1) is 12.7 Å². The molecule has 0 aliphatic rings. The van der Waals surface area contributed by atoms with Gasteiger partial charge in [-0.15, -0.1) is 0 Å². The third kappa shape index (κ3) is 3.04. The summed E-state index contributed by atoms with van der Waals surface area (Å²) in [6, 6.07) is 4.36. The van der Waals surface area contributed by atoms with Crippen LogP contribution in [0.5, 0.6) is 0 Å². The number of carbonyl (C=O) groups excluding carboxylic acids is 1. The third-order valence-electron chi connectivity index (χ3n) is 2.56. The topological polar surface area (TPSA) is 66.9 Å². The fourth-order valence-electron chi connectivity index (χ4n) is 1.49. The summed E-state index contributed by atoms with van der Waals surface area (Å²) >= 11 is 0. The van der Waals surface area contributed by atoms with Crippen LogP contribution in [0.1, 0.15) is 16.1 Å². The molecule has 0 unspecified atom stereocenters. The van der Waals surface area contributed by atoms with E-state index in [4.69, 9.17) is 0 Å². The van der Waals surface area contributed by atoms with Gasteiger partial charge < -0.3 is 10.6 Å². The lowest BCUT2D eigenvalue weighted by atomic mass is 10.2. The monoisotopic (exact) mass is 260 g/mol. The summed E-state index contributed by atoms with van der Waals surface area (Å²) in [5.41, 5.74) is 1.18. The molecule has 0 saturated carbocycles. The number of hydrogen-bond donors (Lipinski definition) is 2. The molecular formula is C13H13FN4O. The highest BCUT2D eigenvalue weighted by Gasteiger charge is 2.09. The zero-order chi connectivity index (χ0) is 13.8. The van der Waals surface area contributed by atoms with Crippen LogP contribution in [0.4, 0.5) is 15.9 Å². The third-order valence-corrected chi connectivity index (χ3v) is 2.56. The number of anilines is 2. The number of aromatic nitrogens is 2. The fraction of sp³-hybridized carbons (Fsp3) is 0.154. The van der Waals surface area contributed by atoms with Crippen LogP contribution < -0.4 is 10.6 Å². The van der Waals surface area contributed by atoms with Gasteiger partial charge in [-0.2, -0.15) is 0 Å². The van der Waals surface area contributed by atoms with E-state index in [0.717, 1.165) is 0 Å². The van der Waals surface area contributed by atoms with Gasteiger partial charge >= 0.3 is 0 Å². The molecule has 0 bridgehead atoms. The van der Waals surface area contributed by atoms with Crippen molar-refractivity contribution in [3.63, 3.8) is 0 Å². The van der Waals surface area contributed by atoms with Gasteiger partial charge in [0.2, 0.25) is 0 Å². The second-order valence-corrected chi connectivity index (χ2v) is 3.95. The van der Waals surface area contributed by atoms with E-state index in [1.54, 1.807) is 20.0 Å². The first kappa shape index (κ1) is 12.9. The Morgan fingerprint density at radius 1 is 1.26 bits per heavy atom. The molecule has 98 valence electrons. The van der Waals surface area contributed by atoms with Gasteiger partial charge in [-0.05, 0) is 30.7 Å². The van der Waals surface area contributed by atoms with Crippen LogP contribution in [0.3, 0.4) is 0 Å². The van der Waals surface area contributed by atoms with Crippen molar-refractivity contribution < 1.29 is 9.18 Å². The number of amides is 1. The Morgan fingerprint density at radius 3 is 2.63 bits per heavy atom. The molecule has 1 aromatic carbocycles. The maximum absolute atomic E-state index is 13.1. The molecule has 6 heteroatoms. The molecule has 5 nitrogen and oxygen atoms in total. The lowest BCUT2D eigenvalue weighted by Gasteiger charge is -2.06. The maximum atomic E-state index is 13.1. The highest BCUT2D eigenvalue weighted by Crippen LogP contribution is 2.14. The first-order chi connectivity index (χ1) is 9.10. The maximum Gasteiger partial charge on any atom is 0.275 e. The molecule has 19 heavy (non-hydrogen) atoms. The predicted octanol–water partition coefficient (Wildman–Crippen LogP) is 2.22. The van der Waals surface area contributed by atoms with Crippen molar-refractivity contribution in [3.05, 3.63) is 47.7 Å². The molecule has 2 rings (SSSR count). The lowest BCUT2D eigenvalue weighted by Crippen LogP contribution is -2.14. The van der Waals surface area contributed by atoms with E-state index in [2.05, 4.69) is 20.6 Å². The number of nitrogens with one attached hydrogen (secondary N) is 2. The van der Waals surface area contributed by atoms with E-state index < -0.39 is 0 Å². The fourth-order valence-corrected chi connectivity index (χ4v) is 1.49. The number of carbonyl (C=O) groups is 1. The predicted molar refractivity (Wildman–Crippen MR) is 70.7 cm³/mol. The van der Waals surface area contributed by atoms with Gasteiger partial charge in [0.05, 0.1) is 12.4 Å². The Hall–Kier alpha value is -2.50. The summed E-state index contributed by atoms with van der Waals surface area (Å²) in [4.78, 5) is 19.9. The van der Waals surface area contributed by atoms with Crippen LogP contribution >= 0.6 is 0 Å². The van der Waals surface area contributed by atoms with Crippen molar-refractivity contribution in [1.82, 2.24) is 9.97 Å². The molecule has 0 spiro atoms. The summed E-state index contributed by atoms with van der Waals surface area (Å²) in [6.45, 7) is 1.63. The van der Waals surface area contributed by atoms with Gasteiger partial charge in [-0.3, -0.25) is 4.79 Å². The molecule has 1 heterocycles. The Balaban J connectivity index is 2.13. The Bertz CT molecular complexity index is 598. The summed E-state index contributed by atoms with van der Waals surface area (Å²) in [7, 11) is 1.71. The van der Waals surface area contributed by atoms with Gasteiger partial charge in [-0.25, -0.2) is 14.4 Å². The molecule has 2 N–H and O–H groups in total. The van der Waals surface area contributed by atoms with Gasteiger partial charge in [-0.1, -0.05) is 0 Å². The van der Waals surface area contributed by atoms with Gasteiger partial charge in [0.15, 0.2) is 0 Å². The number of benzene rings is 1. The summed E-state index contributed by atoms with van der Waals surface area (Å²) in [5, 5.41) is 5.44. The molecule has 1 amide bonds. The molecule has 0 saturated heterocycles. The average molecular weight is 260 g/mol. The molecule has 0 atom stereocenters. The van der Waals surface area contributed by atoms with Crippen molar-refractivity contribution >= 4 is 17.4 Å². The number of hydrogen-bond acceptors (Lipinski definition) is 4. The van der Waals surface area contributed by atoms with E-state index in [0.29, 0.717) is 17.1 Å². The van der Waals surface area contributed by atoms with Crippen molar-refractivity contribution in [2.75, 3.05) is 17.7 Å². The number of aryl methyl sites for hydroxylation is 1. The Morgan fingerprint density at radius 2 is 2.05 bits per heavy atom. The minimum atomic E-state index is -0.388. The normalized spacial score (nSPS) is 10.1. The SMILES string of the molecule is CNc1cnc(C(=O)Nc2ccc(F)c(C)c2)cn1. The number of nitrogens with zero attached hydrogens (tertiary/aromatic N) is 2. The van der Waals surface area contributed by atoms with Gasteiger partial charge in [0.25, 0.3) is 5.91 Å². The molecular weight excluding hydrogens is 247 g/mol. The Kier molecular flexibility index (Phi) is 3.70. The summed E-state index contributed by atoms with van der Waals surface area (Å²) in [5.74, 6) is -0.119. The van der Waals surface area contributed by atoms with Crippen LogP contribution in [0.25, 0.3) is 0 Å². The zero-order valence-corrected chi connectivity index (χ0v) is 10.6. The van der Waals surface area contributed by atoms with Gasteiger partial charge in [0, 0.05) is 12.7 Å². The van der Waals surface area contributed by atoms with E-state index in [1.807, 2.05) is 0 Å². The first-order valence-corrected chi connectivity index (χ1v) is 5.67. The quantitative estimate of drug-likeness (QED) is 0.888. The summed E-state index contributed by atoms with van der Waals surface area (Å²) < 4.78 is 13.1. The van der Waals surface area contributed by atoms with Crippen molar-refractivity contribution in [2.24, 2.45) is 0 Å². The van der Waals surface area contributed by atoms with Crippen LogP contribution in [0.15, 0.2) is 30.6 Å². The molecule has 0 aliphatic carbocycles. The zero-order valence-electron chi connectivity index (χ0n) is 10.6. The van der Waals surface area contributed by atoms with Crippen LogP contribution in [-0.2, 0) is 0 Å². The van der Waals surface area contributed by atoms with E-state index in [1.165, 1.54) is 24.5 Å². The molecule has 0 radical (unpaired) electrons. The van der Waals surface area contributed by atoms with Crippen molar-refractivity contribution in [1.29, 1.82) is 0 Å². The highest BCUT2D eigenvalue weighted by molar-refractivity contribution is 6.02. The summed E-state index contributed by atoms with van der Waals surface area (Å²) in [6.07, 6.45) is 2.84. The van der Waals surface area contributed by atoms with Crippen molar-refractivity contribution in [2.45, 2.75) is 6.92 Å². The minimum Gasteiger partial charge on any atom is -0.372 e. The lowest BCUT2D eigenvalue weighted by molar-refractivity contribution is 0.102. The molecule has 0 fully saturated rings. The van der Waals surface area contributed by atoms with E-state index >= 15 is 0 Å². The number of halogens is 1. The van der Waals surface area contributed by atoms with Crippen molar-refractivity contribution in [3.8, 4) is 0 Å². The average Bonchev–Trinajstić information content (AvgIpc) is 2.43. The Labute approximate surface area is 109 Å². The number of rotatable bonds is 3. The molecule has 2 aromatic rings. The minimum absolute atomic E-state index is 0.195. The molecule has 0 aliphatic heterocycles. The van der Waals surface area contributed by atoms with E-state index in [9.17, 15) is 9.18 Å². The largest absolute Gasteiger partial charge is 0.372 e. The standard InChI is InChI=1S/C13H13FN4O/c1-8-5-9(3-4-10(8)14)18-13(19)11-6-17-12(15-2)7-16-11/h3-7H,1-2H3,(H,15,17)(H,18,19). The van der Waals surface area contributed by atoms with Gasteiger partial charge in [0.1, 0.15) is 17.3 Å². The smallest absolute Gasteiger partial charge is 0.275 e. The second kappa shape index (κ2) is 5.43. The van der Waals surface area contributed by atoms with E-state index in [-0.39, 0.29) is 17.4 Å². The first-order valence-electron chi connectivity index (χ1n) is 5.67. The van der Waals surface area contributed by atoms with Crippen LogP contribution in [-0.4, -0.2) is 22.9 Å². The highest BCUT2D eigenvalue weighted by atomic mass is 19.1.